The first-order chi connectivity index (χ1) is 6.68. The molecular weight excluding hydrogens is 204 g/mol. The maximum absolute atomic E-state index is 4.34. The maximum atomic E-state index is 4.34. The standard InChI is InChI=1S/C12H28SSi/c1-4-6-10-14(3,11-7-5-2)12-8-9-13/h13H,4-12H2,1-3H3. The zero-order valence-corrected chi connectivity index (χ0v) is 12.2. The molecule has 0 radical (unpaired) electrons. The van der Waals surface area contributed by atoms with E-state index < -0.39 is 8.07 Å². The third kappa shape index (κ3) is 6.94. The van der Waals surface area contributed by atoms with Crippen molar-refractivity contribution in [3.05, 3.63) is 0 Å². The van der Waals surface area contributed by atoms with Gasteiger partial charge in [0.1, 0.15) is 0 Å². The maximum Gasteiger partial charge on any atom is 0.0505 e. The molecule has 0 heterocycles. The third-order valence-corrected chi connectivity index (χ3v) is 8.20. The van der Waals surface area contributed by atoms with Crippen LogP contribution in [0.4, 0.5) is 0 Å². The molecule has 0 aromatic carbocycles. The Hall–Kier alpha value is 0.567. The summed E-state index contributed by atoms with van der Waals surface area (Å²) in [5, 5.41) is 0. The second-order valence-corrected chi connectivity index (χ2v) is 10.4. The first kappa shape index (κ1) is 14.6. The lowest BCUT2D eigenvalue weighted by Crippen LogP contribution is -2.29. The van der Waals surface area contributed by atoms with E-state index in [1.165, 1.54) is 38.1 Å². The Labute approximate surface area is 97.3 Å². The van der Waals surface area contributed by atoms with E-state index in [-0.39, 0.29) is 0 Å². The molecule has 0 unspecified atom stereocenters. The molecule has 86 valence electrons. The summed E-state index contributed by atoms with van der Waals surface area (Å²) in [6, 6.07) is 4.62. The smallest absolute Gasteiger partial charge is 0.0505 e. The highest BCUT2D eigenvalue weighted by molar-refractivity contribution is 7.80. The highest BCUT2D eigenvalue weighted by Crippen LogP contribution is 2.27. The van der Waals surface area contributed by atoms with Gasteiger partial charge in [-0.2, -0.15) is 12.6 Å². The Morgan fingerprint density at radius 3 is 1.64 bits per heavy atom. The molecule has 0 atom stereocenters. The summed E-state index contributed by atoms with van der Waals surface area (Å²) in [5.41, 5.74) is 0. The van der Waals surface area contributed by atoms with E-state index in [0.29, 0.717) is 0 Å². The van der Waals surface area contributed by atoms with Crippen LogP contribution in [0.3, 0.4) is 0 Å². The average Bonchev–Trinajstić information content (AvgIpc) is 2.21. The highest BCUT2D eigenvalue weighted by atomic mass is 32.1. The minimum absolute atomic E-state index is 0.861. The van der Waals surface area contributed by atoms with Crippen LogP contribution in [0.5, 0.6) is 0 Å². The highest BCUT2D eigenvalue weighted by Gasteiger charge is 2.24. The largest absolute Gasteiger partial charge is 0.179 e. The van der Waals surface area contributed by atoms with E-state index in [1.54, 1.807) is 12.1 Å². The van der Waals surface area contributed by atoms with Crippen molar-refractivity contribution in [3.63, 3.8) is 0 Å². The van der Waals surface area contributed by atoms with E-state index in [2.05, 4.69) is 33.0 Å². The second-order valence-electron chi connectivity index (χ2n) is 4.84. The number of hydrogen-bond donors (Lipinski definition) is 1. The van der Waals surface area contributed by atoms with Gasteiger partial charge < -0.3 is 0 Å². The molecule has 0 spiro atoms. The van der Waals surface area contributed by atoms with Gasteiger partial charge in [0.05, 0.1) is 8.07 Å². The van der Waals surface area contributed by atoms with Crippen LogP contribution in [0, 0.1) is 0 Å². The number of thiol groups is 1. The van der Waals surface area contributed by atoms with Crippen LogP contribution in [-0.2, 0) is 0 Å². The second kappa shape index (κ2) is 8.84. The summed E-state index contributed by atoms with van der Waals surface area (Å²) in [6.45, 7) is 7.24. The Balaban J connectivity index is 3.89. The van der Waals surface area contributed by atoms with Gasteiger partial charge in [0.25, 0.3) is 0 Å². The normalized spacial score (nSPS) is 12.0. The van der Waals surface area contributed by atoms with E-state index in [0.717, 1.165) is 5.75 Å². The van der Waals surface area contributed by atoms with Crippen molar-refractivity contribution in [1.82, 2.24) is 0 Å². The fourth-order valence-corrected chi connectivity index (χ4v) is 6.74. The van der Waals surface area contributed by atoms with Crippen LogP contribution < -0.4 is 0 Å². The molecule has 0 aliphatic rings. The molecule has 0 fully saturated rings. The molecule has 0 nitrogen and oxygen atoms in total. The zero-order valence-electron chi connectivity index (χ0n) is 10.3. The molecule has 0 saturated carbocycles. The monoisotopic (exact) mass is 232 g/mol. The lowest BCUT2D eigenvalue weighted by molar-refractivity contribution is 0.816. The summed E-state index contributed by atoms with van der Waals surface area (Å²) in [4.78, 5) is 0. The zero-order chi connectivity index (χ0) is 10.9. The Morgan fingerprint density at radius 1 is 0.857 bits per heavy atom. The van der Waals surface area contributed by atoms with Gasteiger partial charge in [0, 0.05) is 0 Å². The van der Waals surface area contributed by atoms with Crippen molar-refractivity contribution in [2.24, 2.45) is 0 Å². The molecule has 0 saturated heterocycles. The van der Waals surface area contributed by atoms with Crippen LogP contribution in [-0.4, -0.2) is 13.8 Å². The SMILES string of the molecule is CCCC[Si](C)(CCCC)CCCS. The van der Waals surface area contributed by atoms with Gasteiger partial charge in [-0.25, -0.2) is 0 Å². The molecule has 2 heteroatoms. The van der Waals surface area contributed by atoms with E-state index in [9.17, 15) is 0 Å². The predicted octanol–water partition coefficient (Wildman–Crippen LogP) is 4.99. The van der Waals surface area contributed by atoms with Crippen LogP contribution in [0.2, 0.25) is 24.7 Å². The quantitative estimate of drug-likeness (QED) is 0.420. The number of hydrogen-bond acceptors (Lipinski definition) is 1. The molecule has 0 aliphatic heterocycles. The molecule has 0 aliphatic carbocycles. The predicted molar refractivity (Wildman–Crippen MR) is 74.3 cm³/mol. The van der Waals surface area contributed by atoms with E-state index in [1.807, 2.05) is 0 Å². The van der Waals surface area contributed by atoms with Gasteiger partial charge in [-0.3, -0.25) is 0 Å². The first-order valence-electron chi connectivity index (χ1n) is 6.29. The molecule has 0 rings (SSSR count). The Kier molecular flexibility index (Phi) is 9.20. The van der Waals surface area contributed by atoms with Crippen LogP contribution >= 0.6 is 12.6 Å². The van der Waals surface area contributed by atoms with E-state index >= 15 is 0 Å². The number of unbranched alkanes of at least 4 members (excludes halogenated alkanes) is 2. The summed E-state index contributed by atoms with van der Waals surface area (Å²) < 4.78 is 0. The fraction of sp³-hybridized carbons (Fsp3) is 1.00. The molecule has 0 amide bonds. The van der Waals surface area contributed by atoms with Crippen molar-refractivity contribution in [1.29, 1.82) is 0 Å². The molecule has 0 N–H and O–H groups in total. The van der Waals surface area contributed by atoms with Crippen molar-refractivity contribution >= 4 is 20.7 Å². The third-order valence-electron chi connectivity index (χ3n) is 3.21. The van der Waals surface area contributed by atoms with Crippen LogP contribution in [0.15, 0.2) is 0 Å². The lowest BCUT2D eigenvalue weighted by atomic mass is 10.4. The topological polar surface area (TPSA) is 0 Å². The Morgan fingerprint density at radius 2 is 1.29 bits per heavy atom. The number of rotatable bonds is 9. The van der Waals surface area contributed by atoms with E-state index in [4.69, 9.17) is 0 Å². The molecule has 14 heavy (non-hydrogen) atoms. The first-order valence-corrected chi connectivity index (χ1v) is 10.0. The molecule has 0 aromatic heterocycles. The molecular formula is C12H28SSi. The van der Waals surface area contributed by atoms with Crippen molar-refractivity contribution in [2.75, 3.05) is 5.75 Å². The minimum atomic E-state index is -0.861. The van der Waals surface area contributed by atoms with Crippen molar-refractivity contribution < 1.29 is 0 Å². The van der Waals surface area contributed by atoms with Gasteiger partial charge >= 0.3 is 0 Å². The van der Waals surface area contributed by atoms with Gasteiger partial charge in [-0.1, -0.05) is 64.2 Å². The summed E-state index contributed by atoms with van der Waals surface area (Å²) in [7, 11) is -0.861. The summed E-state index contributed by atoms with van der Waals surface area (Å²) in [6.07, 6.45) is 7.00. The van der Waals surface area contributed by atoms with Gasteiger partial charge in [-0.15, -0.1) is 0 Å². The molecule has 0 bridgehead atoms. The summed E-state index contributed by atoms with van der Waals surface area (Å²) in [5.74, 6) is 1.08. The van der Waals surface area contributed by atoms with Crippen LogP contribution in [0.25, 0.3) is 0 Å². The molecule has 0 aromatic rings. The summed E-state index contributed by atoms with van der Waals surface area (Å²) >= 11 is 4.34. The lowest BCUT2D eigenvalue weighted by Gasteiger charge is -2.27. The average molecular weight is 233 g/mol. The van der Waals surface area contributed by atoms with Crippen LogP contribution in [0.1, 0.15) is 46.0 Å². The Bertz CT molecular complexity index is 104. The van der Waals surface area contributed by atoms with Gasteiger partial charge in [-0.05, 0) is 12.2 Å². The van der Waals surface area contributed by atoms with Gasteiger partial charge in [0.2, 0.25) is 0 Å². The van der Waals surface area contributed by atoms with Crippen molar-refractivity contribution in [3.8, 4) is 0 Å². The minimum Gasteiger partial charge on any atom is -0.179 e. The van der Waals surface area contributed by atoms with Gasteiger partial charge in [0.15, 0.2) is 0 Å². The fourth-order valence-electron chi connectivity index (χ4n) is 2.09. The van der Waals surface area contributed by atoms with Crippen molar-refractivity contribution in [2.45, 2.75) is 70.6 Å².